The first-order valence-electron chi connectivity index (χ1n) is 4.66. The van der Waals surface area contributed by atoms with Crippen LogP contribution in [-0.4, -0.2) is 24.8 Å². The smallest absolute Gasteiger partial charge is 0.0779 e. The molecule has 1 aliphatic heterocycles. The Balaban J connectivity index is 1.73. The van der Waals surface area contributed by atoms with Crippen molar-refractivity contribution in [2.45, 2.75) is 44.2 Å². The van der Waals surface area contributed by atoms with E-state index < -0.39 is 0 Å². The Labute approximate surface area is 68.3 Å². The van der Waals surface area contributed by atoms with E-state index in [1.165, 1.54) is 25.7 Å². The standard InChI is InChI=1S/C9H17NO/c1-9(5-2-6-11-9)7-10-8-3-4-8/h8,10H,2-7H2,1H3. The van der Waals surface area contributed by atoms with Crippen molar-refractivity contribution in [2.75, 3.05) is 13.2 Å². The number of nitrogens with one attached hydrogen (secondary N) is 1. The molecule has 2 fully saturated rings. The second kappa shape index (κ2) is 2.76. The summed E-state index contributed by atoms with van der Waals surface area (Å²) in [7, 11) is 0. The average molecular weight is 155 g/mol. The molecule has 1 aliphatic carbocycles. The van der Waals surface area contributed by atoms with E-state index in [-0.39, 0.29) is 5.60 Å². The molecule has 2 aliphatic rings. The molecule has 0 amide bonds. The van der Waals surface area contributed by atoms with Gasteiger partial charge in [-0.25, -0.2) is 0 Å². The van der Waals surface area contributed by atoms with Gasteiger partial charge in [0.15, 0.2) is 0 Å². The fourth-order valence-electron chi connectivity index (χ4n) is 1.62. The van der Waals surface area contributed by atoms with Gasteiger partial charge < -0.3 is 10.1 Å². The van der Waals surface area contributed by atoms with Crippen LogP contribution in [0.2, 0.25) is 0 Å². The molecule has 11 heavy (non-hydrogen) atoms. The summed E-state index contributed by atoms with van der Waals surface area (Å²) in [6.07, 6.45) is 5.21. The minimum atomic E-state index is 0.155. The predicted molar refractivity (Wildman–Crippen MR) is 44.6 cm³/mol. The lowest BCUT2D eigenvalue weighted by Crippen LogP contribution is -2.38. The lowest BCUT2D eigenvalue weighted by atomic mass is 10.0. The van der Waals surface area contributed by atoms with Crippen LogP contribution in [0.25, 0.3) is 0 Å². The molecule has 64 valence electrons. The highest BCUT2D eigenvalue weighted by atomic mass is 16.5. The lowest BCUT2D eigenvalue weighted by molar-refractivity contribution is 0.0206. The molecule has 1 atom stereocenters. The minimum absolute atomic E-state index is 0.155. The summed E-state index contributed by atoms with van der Waals surface area (Å²) in [5.74, 6) is 0. The molecule has 0 radical (unpaired) electrons. The van der Waals surface area contributed by atoms with Crippen molar-refractivity contribution in [2.24, 2.45) is 0 Å². The summed E-state index contributed by atoms with van der Waals surface area (Å²) in [4.78, 5) is 0. The predicted octanol–water partition coefficient (Wildman–Crippen LogP) is 1.31. The molecule has 0 spiro atoms. The minimum Gasteiger partial charge on any atom is -0.374 e. The Morgan fingerprint density at radius 1 is 1.55 bits per heavy atom. The summed E-state index contributed by atoms with van der Waals surface area (Å²) in [5, 5.41) is 3.51. The van der Waals surface area contributed by atoms with Gasteiger partial charge in [0.1, 0.15) is 0 Å². The van der Waals surface area contributed by atoms with Gasteiger partial charge in [0.25, 0.3) is 0 Å². The Bertz CT molecular complexity index is 136. The van der Waals surface area contributed by atoms with Crippen LogP contribution in [0, 0.1) is 0 Å². The van der Waals surface area contributed by atoms with E-state index in [9.17, 15) is 0 Å². The fraction of sp³-hybridized carbons (Fsp3) is 1.00. The van der Waals surface area contributed by atoms with Gasteiger partial charge in [0.2, 0.25) is 0 Å². The molecule has 0 aromatic heterocycles. The van der Waals surface area contributed by atoms with E-state index in [1.807, 2.05) is 0 Å². The average Bonchev–Trinajstić information content (AvgIpc) is 2.73. The van der Waals surface area contributed by atoms with Crippen molar-refractivity contribution in [3.8, 4) is 0 Å². The van der Waals surface area contributed by atoms with Crippen molar-refractivity contribution in [3.05, 3.63) is 0 Å². The zero-order chi connectivity index (χ0) is 7.73. The van der Waals surface area contributed by atoms with Crippen molar-refractivity contribution in [1.82, 2.24) is 5.32 Å². The maximum absolute atomic E-state index is 5.66. The van der Waals surface area contributed by atoms with Gasteiger partial charge in [-0.15, -0.1) is 0 Å². The van der Waals surface area contributed by atoms with Crippen molar-refractivity contribution in [3.63, 3.8) is 0 Å². The topological polar surface area (TPSA) is 21.3 Å². The van der Waals surface area contributed by atoms with Crippen LogP contribution in [0.5, 0.6) is 0 Å². The third-order valence-corrected chi connectivity index (χ3v) is 2.64. The second-order valence-electron chi connectivity index (χ2n) is 4.06. The second-order valence-corrected chi connectivity index (χ2v) is 4.06. The van der Waals surface area contributed by atoms with Crippen LogP contribution >= 0.6 is 0 Å². The summed E-state index contributed by atoms with van der Waals surface area (Å²) in [6.45, 7) is 4.23. The largest absolute Gasteiger partial charge is 0.374 e. The van der Waals surface area contributed by atoms with Crippen molar-refractivity contribution < 1.29 is 4.74 Å². The molecule has 0 aromatic rings. The zero-order valence-corrected chi connectivity index (χ0v) is 7.23. The van der Waals surface area contributed by atoms with Gasteiger partial charge in [0.05, 0.1) is 5.60 Å². The molecule has 0 aromatic carbocycles. The Morgan fingerprint density at radius 3 is 2.91 bits per heavy atom. The third-order valence-electron chi connectivity index (χ3n) is 2.64. The number of hydrogen-bond donors (Lipinski definition) is 1. The first kappa shape index (κ1) is 7.56. The van der Waals surface area contributed by atoms with Crippen molar-refractivity contribution in [1.29, 1.82) is 0 Å². The summed E-state index contributed by atoms with van der Waals surface area (Å²) in [5.41, 5.74) is 0.155. The SMILES string of the molecule is CC1(CNC2CC2)CCCO1. The molecule has 1 unspecified atom stereocenters. The zero-order valence-electron chi connectivity index (χ0n) is 7.23. The number of ether oxygens (including phenoxy) is 1. The van der Waals surface area contributed by atoms with Crippen LogP contribution in [0.4, 0.5) is 0 Å². The van der Waals surface area contributed by atoms with Gasteiger partial charge in [-0.2, -0.15) is 0 Å². The first-order chi connectivity index (χ1) is 5.29. The van der Waals surface area contributed by atoms with Crippen LogP contribution < -0.4 is 5.32 Å². The lowest BCUT2D eigenvalue weighted by Gasteiger charge is -2.23. The third kappa shape index (κ3) is 1.94. The van der Waals surface area contributed by atoms with Gasteiger partial charge >= 0.3 is 0 Å². The summed E-state index contributed by atoms with van der Waals surface area (Å²) >= 11 is 0. The monoisotopic (exact) mass is 155 g/mol. The highest BCUT2D eigenvalue weighted by molar-refractivity contribution is 4.88. The molecular weight excluding hydrogens is 138 g/mol. The molecule has 1 saturated heterocycles. The summed E-state index contributed by atoms with van der Waals surface area (Å²) in [6, 6.07) is 0.816. The fourth-order valence-corrected chi connectivity index (χ4v) is 1.62. The molecule has 0 bridgehead atoms. The van der Waals surface area contributed by atoms with Gasteiger partial charge in [-0.05, 0) is 32.6 Å². The van der Waals surface area contributed by atoms with Crippen LogP contribution in [0.15, 0.2) is 0 Å². The van der Waals surface area contributed by atoms with Gasteiger partial charge in [0, 0.05) is 19.2 Å². The van der Waals surface area contributed by atoms with Gasteiger partial charge in [-0.3, -0.25) is 0 Å². The molecule has 1 heterocycles. The van der Waals surface area contributed by atoms with E-state index >= 15 is 0 Å². The van der Waals surface area contributed by atoms with E-state index in [1.54, 1.807) is 0 Å². The van der Waals surface area contributed by atoms with E-state index in [0.29, 0.717) is 0 Å². The molecule has 2 nitrogen and oxygen atoms in total. The van der Waals surface area contributed by atoms with E-state index in [0.717, 1.165) is 19.2 Å². The van der Waals surface area contributed by atoms with E-state index in [4.69, 9.17) is 4.74 Å². The Hall–Kier alpha value is -0.0800. The molecule has 1 N–H and O–H groups in total. The van der Waals surface area contributed by atoms with Crippen LogP contribution in [-0.2, 0) is 4.74 Å². The Morgan fingerprint density at radius 2 is 2.36 bits per heavy atom. The quantitative estimate of drug-likeness (QED) is 0.663. The normalized spacial score (nSPS) is 37.9. The maximum Gasteiger partial charge on any atom is 0.0779 e. The van der Waals surface area contributed by atoms with Crippen LogP contribution in [0.1, 0.15) is 32.6 Å². The number of hydrogen-bond acceptors (Lipinski definition) is 2. The van der Waals surface area contributed by atoms with Crippen LogP contribution in [0.3, 0.4) is 0 Å². The van der Waals surface area contributed by atoms with E-state index in [2.05, 4.69) is 12.2 Å². The highest BCUT2D eigenvalue weighted by Gasteiger charge is 2.31. The highest BCUT2D eigenvalue weighted by Crippen LogP contribution is 2.26. The maximum atomic E-state index is 5.66. The summed E-state index contributed by atoms with van der Waals surface area (Å²) < 4.78 is 5.66. The molecule has 2 heteroatoms. The molecular formula is C9H17NO. The Kier molecular flexibility index (Phi) is 1.90. The van der Waals surface area contributed by atoms with Gasteiger partial charge in [-0.1, -0.05) is 0 Å². The van der Waals surface area contributed by atoms with Crippen molar-refractivity contribution >= 4 is 0 Å². The first-order valence-corrected chi connectivity index (χ1v) is 4.66. The molecule has 1 saturated carbocycles. The number of rotatable bonds is 3. The molecule has 2 rings (SSSR count).